The Morgan fingerprint density at radius 2 is 1.10 bits per heavy atom. The van der Waals surface area contributed by atoms with Crippen molar-refractivity contribution in [3.63, 3.8) is 0 Å². The lowest BCUT2D eigenvalue weighted by Gasteiger charge is -2.41. The molecule has 0 aliphatic carbocycles. The predicted octanol–water partition coefficient (Wildman–Crippen LogP) is 10.5. The number of esters is 1. The molecule has 0 spiro atoms. The van der Waals surface area contributed by atoms with Crippen molar-refractivity contribution in [3.8, 4) is 0 Å². The summed E-state index contributed by atoms with van der Waals surface area (Å²) in [6, 6.07) is 0. The number of carbonyl (C=O) groups excluding carboxylic acids is 1. The summed E-state index contributed by atoms with van der Waals surface area (Å²) in [6.07, 6.45) is 44.8. The van der Waals surface area contributed by atoms with Gasteiger partial charge in [-0.3, -0.25) is 9.35 Å². The average Bonchev–Trinajstić information content (AvgIpc) is 3.26. The van der Waals surface area contributed by atoms with Gasteiger partial charge in [0.25, 0.3) is 0 Å². The quantitative estimate of drug-likeness (QED) is 0.0198. The summed E-state index contributed by atoms with van der Waals surface area (Å²) in [5.74, 6) is -0.431. The van der Waals surface area contributed by atoms with Gasteiger partial charge in [-0.05, 0) is 83.5 Å². The van der Waals surface area contributed by atoms with E-state index in [-0.39, 0.29) is 19.6 Å². The minimum atomic E-state index is -5.08. The second-order valence-electron chi connectivity index (χ2n) is 16.0. The lowest BCUT2D eigenvalue weighted by molar-refractivity contribution is -0.301. The van der Waals surface area contributed by atoms with Gasteiger partial charge in [-0.2, -0.15) is 8.42 Å². The smallest absolute Gasteiger partial charge is 0.397 e. The summed E-state index contributed by atoms with van der Waals surface area (Å²) in [7, 11) is -5.08. The van der Waals surface area contributed by atoms with Crippen LogP contribution in [0.3, 0.4) is 0 Å². The number of carbonyl (C=O) groups is 1. The Balaban J connectivity index is 2.47. The van der Waals surface area contributed by atoms with Crippen LogP contribution in [-0.4, -0.2) is 97.5 Å². The van der Waals surface area contributed by atoms with Gasteiger partial charge in [0.1, 0.15) is 30.5 Å². The van der Waals surface area contributed by atoms with E-state index in [0.717, 1.165) is 89.9 Å². The van der Waals surface area contributed by atoms with Crippen LogP contribution in [0, 0.1) is 0 Å². The summed E-state index contributed by atoms with van der Waals surface area (Å²) in [5, 5.41) is 30.7. The molecule has 12 nitrogen and oxygen atoms in total. The van der Waals surface area contributed by atoms with Gasteiger partial charge in [0, 0.05) is 13.0 Å². The minimum absolute atomic E-state index is 0.0121. The predicted molar refractivity (Wildman–Crippen MR) is 252 cm³/mol. The fraction of sp³-hybridized carbons (Fsp3) is 0.700. The Hall–Kier alpha value is -2.72. The molecular formula is C50H84O12S. The van der Waals surface area contributed by atoms with Crippen molar-refractivity contribution >= 4 is 16.4 Å². The maximum atomic E-state index is 12.9. The molecule has 362 valence electrons. The first-order chi connectivity index (χ1) is 30.6. The molecule has 6 atom stereocenters. The first-order valence-corrected chi connectivity index (χ1v) is 25.2. The molecular weight excluding hydrogens is 825 g/mol. The first kappa shape index (κ1) is 58.3. The fourth-order valence-corrected chi connectivity index (χ4v) is 7.19. The molecule has 0 bridgehead atoms. The van der Waals surface area contributed by atoms with Gasteiger partial charge in [0.2, 0.25) is 0 Å². The summed E-state index contributed by atoms with van der Waals surface area (Å²) in [4.78, 5) is 12.9. The number of aliphatic hydroxyl groups excluding tert-OH is 3. The van der Waals surface area contributed by atoms with Crippen molar-refractivity contribution < 1.29 is 56.2 Å². The van der Waals surface area contributed by atoms with Crippen LogP contribution < -0.4 is 0 Å². The van der Waals surface area contributed by atoms with Crippen molar-refractivity contribution in [3.05, 3.63) is 85.1 Å². The molecule has 13 heteroatoms. The fourth-order valence-electron chi connectivity index (χ4n) is 6.68. The van der Waals surface area contributed by atoms with Gasteiger partial charge in [-0.15, -0.1) is 0 Å². The van der Waals surface area contributed by atoms with E-state index in [0.29, 0.717) is 13.0 Å². The topological polar surface area (TPSA) is 178 Å². The van der Waals surface area contributed by atoms with E-state index in [9.17, 15) is 33.1 Å². The molecule has 0 aromatic carbocycles. The Labute approximate surface area is 381 Å². The molecule has 6 unspecified atom stereocenters. The van der Waals surface area contributed by atoms with Crippen molar-refractivity contribution in [2.24, 2.45) is 0 Å². The van der Waals surface area contributed by atoms with E-state index < -0.39 is 59.8 Å². The molecule has 63 heavy (non-hydrogen) atoms. The Morgan fingerprint density at radius 3 is 1.62 bits per heavy atom. The van der Waals surface area contributed by atoms with Crippen LogP contribution in [-0.2, 0) is 38.3 Å². The van der Waals surface area contributed by atoms with E-state index in [2.05, 4.69) is 103 Å². The Kier molecular flexibility index (Phi) is 37.7. The van der Waals surface area contributed by atoms with E-state index in [1.165, 1.54) is 44.9 Å². The van der Waals surface area contributed by atoms with Crippen LogP contribution in [0.2, 0.25) is 0 Å². The zero-order valence-corrected chi connectivity index (χ0v) is 39.4. The highest BCUT2D eigenvalue weighted by Crippen LogP contribution is 2.26. The summed E-state index contributed by atoms with van der Waals surface area (Å²) in [5.41, 5.74) is 0. The summed E-state index contributed by atoms with van der Waals surface area (Å²) in [6.45, 7) is 3.70. The molecule has 0 saturated carbocycles. The highest BCUT2D eigenvalue weighted by Gasteiger charge is 2.48. The maximum Gasteiger partial charge on any atom is 0.397 e. The summed E-state index contributed by atoms with van der Waals surface area (Å²) >= 11 is 0. The molecule has 0 aromatic rings. The molecule has 4 N–H and O–H groups in total. The van der Waals surface area contributed by atoms with Crippen LogP contribution >= 0.6 is 0 Å². The number of allylic oxidation sites excluding steroid dienone is 14. The Bertz CT molecular complexity index is 1420. The third-order valence-electron chi connectivity index (χ3n) is 10.3. The van der Waals surface area contributed by atoms with Crippen LogP contribution in [0.1, 0.15) is 162 Å². The van der Waals surface area contributed by atoms with Crippen LogP contribution in [0.4, 0.5) is 0 Å². The molecule has 1 saturated heterocycles. The van der Waals surface area contributed by atoms with Gasteiger partial charge in [-0.25, -0.2) is 4.18 Å². The van der Waals surface area contributed by atoms with E-state index >= 15 is 0 Å². The summed E-state index contributed by atoms with van der Waals surface area (Å²) < 4.78 is 59.0. The molecule has 1 rings (SSSR count). The molecule has 0 aromatic heterocycles. The maximum absolute atomic E-state index is 12.9. The molecule has 1 aliphatic rings. The molecule has 0 amide bonds. The van der Waals surface area contributed by atoms with Gasteiger partial charge < -0.3 is 34.3 Å². The number of hydrogen-bond acceptors (Lipinski definition) is 11. The van der Waals surface area contributed by atoms with Crippen LogP contribution in [0.15, 0.2) is 85.1 Å². The molecule has 1 heterocycles. The van der Waals surface area contributed by atoms with Crippen molar-refractivity contribution in [1.29, 1.82) is 0 Å². The molecule has 1 aliphatic heterocycles. The largest absolute Gasteiger partial charge is 0.457 e. The lowest BCUT2D eigenvalue weighted by atomic mass is 9.99. The van der Waals surface area contributed by atoms with Gasteiger partial charge in [0.15, 0.2) is 6.29 Å². The normalized spacial score (nSPS) is 20.6. The van der Waals surface area contributed by atoms with Gasteiger partial charge in [-0.1, -0.05) is 157 Å². The third-order valence-corrected chi connectivity index (χ3v) is 10.7. The van der Waals surface area contributed by atoms with E-state index in [1.54, 1.807) is 0 Å². The standard InChI is InChI=1S/C50H84O12S/c1-3-5-7-9-11-13-15-17-19-21-22-23-24-26-28-30-32-34-36-38-40-58-42-44(43-59-50-48(54)49(62-63(55,56)57)47(53)45(41-51)61-50)60-46(52)39-37-35-33-31-29-27-25-20-18-16-14-12-10-8-6-4-2/h5,7,11,13,17,19-20,22-23,25-26,28,32,34,44-45,47-51,53-54H,3-4,6,8-10,12,14-16,18,21,24,27,29-31,33,35-43H2,1-2H3,(H,55,56,57)/b7-5-,13-11-,19-17-,23-22-,25-20-,28-26-,34-32-. The molecule has 1 fully saturated rings. The van der Waals surface area contributed by atoms with E-state index in [4.69, 9.17) is 18.9 Å². The zero-order chi connectivity index (χ0) is 46.1. The van der Waals surface area contributed by atoms with Crippen molar-refractivity contribution in [1.82, 2.24) is 0 Å². The molecule has 0 radical (unpaired) electrons. The number of ether oxygens (including phenoxy) is 4. The van der Waals surface area contributed by atoms with Crippen molar-refractivity contribution in [2.45, 2.75) is 198 Å². The highest BCUT2D eigenvalue weighted by atomic mass is 32.3. The van der Waals surface area contributed by atoms with Crippen molar-refractivity contribution in [2.75, 3.05) is 26.4 Å². The third kappa shape index (κ3) is 34.3. The monoisotopic (exact) mass is 909 g/mol. The van der Waals surface area contributed by atoms with Crippen LogP contribution in [0.5, 0.6) is 0 Å². The minimum Gasteiger partial charge on any atom is -0.457 e. The lowest BCUT2D eigenvalue weighted by Crippen LogP contribution is -2.60. The Morgan fingerprint density at radius 1 is 0.619 bits per heavy atom. The second kappa shape index (κ2) is 40.8. The SMILES string of the molecule is CC/C=C\C/C=C\C/C=C\C/C=C\C/C=C\C/C=C\CCCOCC(COC1OC(CO)C(O)C(OS(=O)(=O)O)C1O)OC(=O)CCCCCCC/C=C\CCCCCCCCC. The highest BCUT2D eigenvalue weighted by molar-refractivity contribution is 7.80. The van der Waals surface area contributed by atoms with Crippen LogP contribution in [0.25, 0.3) is 0 Å². The average molecular weight is 909 g/mol. The number of unbranched alkanes of at least 4 members (excludes halogenated alkanes) is 13. The number of hydrogen-bond donors (Lipinski definition) is 4. The first-order valence-electron chi connectivity index (χ1n) is 23.8. The zero-order valence-electron chi connectivity index (χ0n) is 38.6. The van der Waals surface area contributed by atoms with Gasteiger partial charge in [0.05, 0.1) is 19.8 Å². The number of rotatable bonds is 40. The van der Waals surface area contributed by atoms with Gasteiger partial charge >= 0.3 is 16.4 Å². The second-order valence-corrected chi connectivity index (χ2v) is 17.0. The number of aliphatic hydroxyl groups is 3. The van der Waals surface area contributed by atoms with E-state index in [1.807, 2.05) is 0 Å².